The van der Waals surface area contributed by atoms with Gasteiger partial charge < -0.3 is 10.2 Å². The van der Waals surface area contributed by atoms with E-state index in [1.54, 1.807) is 6.07 Å². The molecular formula is C18H23N3O. The quantitative estimate of drug-likeness (QED) is 0.629. The highest BCUT2D eigenvalue weighted by atomic mass is 16.3. The summed E-state index contributed by atoms with van der Waals surface area (Å²) in [6.07, 6.45) is 5.22. The number of nitrogens with zero attached hydrogens (tertiary/aromatic N) is 2. The molecule has 1 aliphatic heterocycles. The monoisotopic (exact) mass is 297 g/mol. The highest BCUT2D eigenvalue weighted by Crippen LogP contribution is 2.31. The Labute approximate surface area is 131 Å². The topological polar surface area (TPSA) is 44.7 Å². The highest BCUT2D eigenvalue weighted by molar-refractivity contribution is 6.00. The van der Waals surface area contributed by atoms with Crippen LogP contribution in [0.3, 0.4) is 0 Å². The predicted molar refractivity (Wildman–Crippen MR) is 92.8 cm³/mol. The fraction of sp³-hybridized carbons (Fsp3) is 0.444. The Hall–Kier alpha value is -1.94. The van der Waals surface area contributed by atoms with Crippen LogP contribution in [-0.2, 0) is 0 Å². The lowest BCUT2D eigenvalue weighted by Gasteiger charge is -2.26. The smallest absolute Gasteiger partial charge is 0.115 e. The summed E-state index contributed by atoms with van der Waals surface area (Å²) in [6.45, 7) is 4.62. The number of fused-ring (bicyclic) bond motifs is 1. The molecule has 0 aliphatic carbocycles. The van der Waals surface area contributed by atoms with Crippen LogP contribution in [0.5, 0.6) is 0 Å². The number of anilines is 1. The van der Waals surface area contributed by atoms with Crippen LogP contribution in [-0.4, -0.2) is 31.1 Å². The van der Waals surface area contributed by atoms with Crippen LogP contribution in [0.2, 0.25) is 0 Å². The molecule has 0 aromatic heterocycles. The number of nitrogens with one attached hydrogen (secondary N) is 1. The summed E-state index contributed by atoms with van der Waals surface area (Å²) < 4.78 is 0. The van der Waals surface area contributed by atoms with Gasteiger partial charge in [-0.15, -0.1) is 4.91 Å². The molecular weight excluding hydrogens is 274 g/mol. The average Bonchev–Trinajstić information content (AvgIpc) is 2.59. The average molecular weight is 297 g/mol. The molecule has 1 heterocycles. The molecule has 4 heteroatoms. The van der Waals surface area contributed by atoms with Gasteiger partial charge in [0.2, 0.25) is 0 Å². The zero-order valence-corrected chi connectivity index (χ0v) is 12.9. The van der Waals surface area contributed by atoms with Crippen LogP contribution in [0.15, 0.2) is 41.6 Å². The molecule has 0 saturated carbocycles. The molecule has 3 rings (SSSR count). The Bertz CT molecular complexity index is 635. The minimum atomic E-state index is 0.509. The fourth-order valence-corrected chi connectivity index (χ4v) is 3.23. The van der Waals surface area contributed by atoms with Gasteiger partial charge in [0.05, 0.1) is 0 Å². The van der Waals surface area contributed by atoms with E-state index in [-0.39, 0.29) is 0 Å². The Balaban J connectivity index is 1.60. The van der Waals surface area contributed by atoms with Gasteiger partial charge in [-0.1, -0.05) is 30.7 Å². The maximum atomic E-state index is 10.9. The number of hydrogen-bond acceptors (Lipinski definition) is 4. The molecule has 1 saturated heterocycles. The van der Waals surface area contributed by atoms with E-state index in [4.69, 9.17) is 0 Å². The molecule has 0 atom stereocenters. The summed E-state index contributed by atoms with van der Waals surface area (Å²) in [5.41, 5.74) is 1.59. The lowest BCUT2D eigenvalue weighted by molar-refractivity contribution is 0.228. The molecule has 0 radical (unpaired) electrons. The van der Waals surface area contributed by atoms with E-state index >= 15 is 0 Å². The van der Waals surface area contributed by atoms with Crippen molar-refractivity contribution in [3.8, 4) is 0 Å². The zero-order valence-electron chi connectivity index (χ0n) is 12.9. The Morgan fingerprint density at radius 1 is 1.00 bits per heavy atom. The van der Waals surface area contributed by atoms with E-state index < -0.39 is 0 Å². The van der Waals surface area contributed by atoms with Crippen molar-refractivity contribution in [2.24, 2.45) is 5.18 Å². The number of piperidine rings is 1. The van der Waals surface area contributed by atoms with Gasteiger partial charge in [0, 0.05) is 23.0 Å². The van der Waals surface area contributed by atoms with Crippen molar-refractivity contribution in [2.45, 2.75) is 25.7 Å². The van der Waals surface area contributed by atoms with Crippen molar-refractivity contribution in [1.82, 2.24) is 4.90 Å². The second-order valence-corrected chi connectivity index (χ2v) is 5.95. The van der Waals surface area contributed by atoms with E-state index in [0.717, 1.165) is 29.4 Å². The van der Waals surface area contributed by atoms with Crippen molar-refractivity contribution in [2.75, 3.05) is 31.5 Å². The molecule has 4 nitrogen and oxygen atoms in total. The molecule has 1 aliphatic rings. The molecule has 0 unspecified atom stereocenters. The summed E-state index contributed by atoms with van der Waals surface area (Å²) in [5.74, 6) is 0. The SMILES string of the molecule is O=Nc1ccc(NCCCN2CCCCC2)c2ccccc12. The van der Waals surface area contributed by atoms with Crippen molar-refractivity contribution in [3.05, 3.63) is 41.3 Å². The molecule has 22 heavy (non-hydrogen) atoms. The van der Waals surface area contributed by atoms with Crippen LogP contribution >= 0.6 is 0 Å². The minimum absolute atomic E-state index is 0.509. The fourth-order valence-electron chi connectivity index (χ4n) is 3.23. The largest absolute Gasteiger partial charge is 0.384 e. The number of rotatable bonds is 6. The first kappa shape index (κ1) is 15.0. The lowest BCUT2D eigenvalue weighted by Crippen LogP contribution is -2.31. The van der Waals surface area contributed by atoms with Crippen LogP contribution in [0.25, 0.3) is 10.8 Å². The first-order valence-corrected chi connectivity index (χ1v) is 8.20. The van der Waals surface area contributed by atoms with E-state index in [9.17, 15) is 4.91 Å². The van der Waals surface area contributed by atoms with E-state index in [1.807, 2.05) is 30.3 Å². The number of nitroso groups, excluding NO2 is 1. The Morgan fingerprint density at radius 2 is 1.77 bits per heavy atom. The second-order valence-electron chi connectivity index (χ2n) is 5.95. The summed E-state index contributed by atoms with van der Waals surface area (Å²) in [5, 5.41) is 8.60. The van der Waals surface area contributed by atoms with Crippen molar-refractivity contribution in [3.63, 3.8) is 0 Å². The minimum Gasteiger partial charge on any atom is -0.384 e. The maximum Gasteiger partial charge on any atom is 0.115 e. The summed E-state index contributed by atoms with van der Waals surface area (Å²) in [7, 11) is 0. The summed E-state index contributed by atoms with van der Waals surface area (Å²) >= 11 is 0. The van der Waals surface area contributed by atoms with Crippen molar-refractivity contribution >= 4 is 22.1 Å². The van der Waals surface area contributed by atoms with Gasteiger partial charge in [-0.3, -0.25) is 0 Å². The number of likely N-dealkylation sites (tertiary alicyclic amines) is 1. The second kappa shape index (κ2) is 7.36. The molecule has 116 valence electrons. The van der Waals surface area contributed by atoms with Crippen LogP contribution in [0.1, 0.15) is 25.7 Å². The lowest BCUT2D eigenvalue weighted by atomic mass is 10.1. The molecule has 0 amide bonds. The third-order valence-electron chi connectivity index (χ3n) is 4.41. The molecule has 1 fully saturated rings. The van der Waals surface area contributed by atoms with Crippen molar-refractivity contribution < 1.29 is 0 Å². The Kier molecular flexibility index (Phi) is 5.01. The van der Waals surface area contributed by atoms with Crippen LogP contribution in [0, 0.1) is 4.91 Å². The van der Waals surface area contributed by atoms with Crippen molar-refractivity contribution in [1.29, 1.82) is 0 Å². The maximum absolute atomic E-state index is 10.9. The normalized spacial score (nSPS) is 15.8. The third kappa shape index (κ3) is 3.45. The predicted octanol–water partition coefficient (Wildman–Crippen LogP) is 4.53. The van der Waals surface area contributed by atoms with Gasteiger partial charge >= 0.3 is 0 Å². The zero-order chi connectivity index (χ0) is 15.2. The summed E-state index contributed by atoms with van der Waals surface area (Å²) in [6, 6.07) is 11.7. The van der Waals surface area contributed by atoms with Gasteiger partial charge in [0.25, 0.3) is 0 Å². The van der Waals surface area contributed by atoms with Crippen LogP contribution in [0.4, 0.5) is 11.4 Å². The molecule has 0 spiro atoms. The van der Waals surface area contributed by atoms with Crippen LogP contribution < -0.4 is 5.32 Å². The Morgan fingerprint density at radius 3 is 2.55 bits per heavy atom. The number of hydrogen-bond donors (Lipinski definition) is 1. The standard InChI is InChI=1S/C18H23N3O/c22-20-18-10-9-17(15-7-2-3-8-16(15)18)19-11-6-14-21-12-4-1-5-13-21/h2-3,7-10,19H,1,4-6,11-14H2. The summed E-state index contributed by atoms with van der Waals surface area (Å²) in [4.78, 5) is 13.4. The first-order chi connectivity index (χ1) is 10.9. The van der Waals surface area contributed by atoms with E-state index in [2.05, 4.69) is 15.4 Å². The van der Waals surface area contributed by atoms with E-state index in [0.29, 0.717) is 5.69 Å². The molecule has 2 aromatic rings. The highest BCUT2D eigenvalue weighted by Gasteiger charge is 2.09. The van der Waals surface area contributed by atoms with Gasteiger partial charge in [0.15, 0.2) is 0 Å². The number of benzene rings is 2. The van der Waals surface area contributed by atoms with Gasteiger partial charge in [-0.05, 0) is 56.2 Å². The first-order valence-electron chi connectivity index (χ1n) is 8.20. The van der Waals surface area contributed by atoms with Gasteiger partial charge in [-0.25, -0.2) is 0 Å². The van der Waals surface area contributed by atoms with E-state index in [1.165, 1.54) is 38.9 Å². The molecule has 2 aromatic carbocycles. The third-order valence-corrected chi connectivity index (χ3v) is 4.41. The molecule has 1 N–H and O–H groups in total. The van der Waals surface area contributed by atoms with Gasteiger partial charge in [0.1, 0.15) is 5.69 Å². The molecule has 0 bridgehead atoms. The van der Waals surface area contributed by atoms with Gasteiger partial charge in [-0.2, -0.15) is 0 Å².